The summed E-state index contributed by atoms with van der Waals surface area (Å²) < 4.78 is 5.57. The molecule has 0 heterocycles. The molecule has 1 aromatic rings. The lowest BCUT2D eigenvalue weighted by Gasteiger charge is -2.24. The molecule has 0 aliphatic carbocycles. The van der Waals surface area contributed by atoms with Crippen LogP contribution in [0.15, 0.2) is 18.2 Å². The largest absolute Gasteiger partial charge is 0.483 e. The van der Waals surface area contributed by atoms with Gasteiger partial charge in [0.05, 0.1) is 0 Å². The lowest BCUT2D eigenvalue weighted by Crippen LogP contribution is -2.44. The topological polar surface area (TPSA) is 64.3 Å². The summed E-state index contributed by atoms with van der Waals surface area (Å²) in [4.78, 5) is 11.8. The van der Waals surface area contributed by atoms with Gasteiger partial charge in [-0.1, -0.05) is 18.5 Å². The molecule has 0 bridgehead atoms. The highest BCUT2D eigenvalue weighted by molar-refractivity contribution is 6.30. The smallest absolute Gasteiger partial charge is 0.258 e. The van der Waals surface area contributed by atoms with Gasteiger partial charge in [-0.05, 0) is 57.0 Å². The van der Waals surface area contributed by atoms with Crippen LogP contribution in [0, 0.1) is 0 Å². The zero-order valence-corrected chi connectivity index (χ0v) is 13.1. The highest BCUT2D eigenvalue weighted by atomic mass is 35.5. The number of hydrogen-bond acceptors (Lipinski definition) is 3. The fourth-order valence-electron chi connectivity index (χ4n) is 1.68. The first-order valence-electron chi connectivity index (χ1n) is 6.80. The maximum absolute atomic E-state index is 11.8. The normalized spacial score (nSPS) is 11.2. The van der Waals surface area contributed by atoms with E-state index in [1.54, 1.807) is 12.1 Å². The molecule has 1 aromatic carbocycles. The van der Waals surface area contributed by atoms with Crippen LogP contribution in [-0.4, -0.2) is 24.6 Å². The van der Waals surface area contributed by atoms with Gasteiger partial charge in [0.1, 0.15) is 5.75 Å². The van der Waals surface area contributed by atoms with Crippen LogP contribution >= 0.6 is 11.6 Å². The molecule has 3 N–H and O–H groups in total. The summed E-state index contributed by atoms with van der Waals surface area (Å²) in [7, 11) is 0. The van der Waals surface area contributed by atoms with Crippen molar-refractivity contribution < 1.29 is 9.53 Å². The monoisotopic (exact) mass is 298 g/mol. The molecule has 4 nitrogen and oxygen atoms in total. The van der Waals surface area contributed by atoms with Gasteiger partial charge in [-0.2, -0.15) is 0 Å². The zero-order chi connectivity index (χ0) is 15.2. The minimum Gasteiger partial charge on any atom is -0.483 e. The van der Waals surface area contributed by atoms with E-state index in [2.05, 4.69) is 5.32 Å². The molecule has 0 unspecified atom stereocenters. The van der Waals surface area contributed by atoms with Gasteiger partial charge in [-0.3, -0.25) is 4.79 Å². The van der Waals surface area contributed by atoms with Crippen LogP contribution in [0.3, 0.4) is 0 Å². The van der Waals surface area contributed by atoms with Crippen molar-refractivity contribution in [3.8, 4) is 5.75 Å². The second-order valence-corrected chi connectivity index (χ2v) is 5.80. The second-order valence-electron chi connectivity index (χ2n) is 5.37. The molecular formula is C15H23ClN2O2. The first-order chi connectivity index (χ1) is 9.38. The first-order valence-corrected chi connectivity index (χ1v) is 7.18. The van der Waals surface area contributed by atoms with Crippen LogP contribution in [0.4, 0.5) is 0 Å². The van der Waals surface area contributed by atoms with E-state index in [0.29, 0.717) is 23.7 Å². The highest BCUT2D eigenvalue weighted by Crippen LogP contribution is 2.23. The lowest BCUT2D eigenvalue weighted by atomic mass is 10.0. The summed E-state index contributed by atoms with van der Waals surface area (Å²) in [6.07, 6.45) is 1.52. The molecule has 0 atom stereocenters. The third-order valence-corrected chi connectivity index (χ3v) is 3.39. The van der Waals surface area contributed by atoms with Crippen LogP contribution < -0.4 is 15.8 Å². The standard InChI is InChI=1S/C15H23ClN2O2/c1-4-15(2,3)18-14(19)10-20-13-6-5-12(16)9-11(13)7-8-17/h5-6,9H,4,7-8,10,17H2,1-3H3,(H,18,19). The average molecular weight is 299 g/mol. The Morgan fingerprint density at radius 2 is 2.15 bits per heavy atom. The minimum absolute atomic E-state index is 0.0113. The van der Waals surface area contributed by atoms with E-state index in [4.69, 9.17) is 22.1 Å². The first kappa shape index (κ1) is 16.8. The van der Waals surface area contributed by atoms with E-state index < -0.39 is 0 Å². The average Bonchev–Trinajstić information content (AvgIpc) is 2.38. The van der Waals surface area contributed by atoms with Gasteiger partial charge in [0.15, 0.2) is 6.61 Å². The van der Waals surface area contributed by atoms with Crippen LogP contribution in [0.1, 0.15) is 32.8 Å². The Labute approximate surface area is 125 Å². The van der Waals surface area contributed by atoms with Crippen molar-refractivity contribution >= 4 is 17.5 Å². The molecule has 1 amide bonds. The Morgan fingerprint density at radius 1 is 1.45 bits per heavy atom. The Bertz CT molecular complexity index is 461. The predicted molar refractivity (Wildman–Crippen MR) is 82.2 cm³/mol. The fraction of sp³-hybridized carbons (Fsp3) is 0.533. The summed E-state index contributed by atoms with van der Waals surface area (Å²) in [6, 6.07) is 5.33. The molecule has 5 heteroatoms. The number of hydrogen-bond donors (Lipinski definition) is 2. The third kappa shape index (κ3) is 5.39. The van der Waals surface area contributed by atoms with E-state index >= 15 is 0 Å². The van der Waals surface area contributed by atoms with E-state index in [9.17, 15) is 4.79 Å². The number of nitrogens with two attached hydrogens (primary N) is 1. The Kier molecular flexibility index (Phi) is 6.30. The quantitative estimate of drug-likeness (QED) is 0.813. The summed E-state index contributed by atoms with van der Waals surface area (Å²) in [5.74, 6) is 0.523. The van der Waals surface area contributed by atoms with Crippen LogP contribution in [0.2, 0.25) is 5.02 Å². The number of ether oxygens (including phenoxy) is 1. The molecule has 0 saturated carbocycles. The highest BCUT2D eigenvalue weighted by Gasteiger charge is 2.18. The molecule has 0 aromatic heterocycles. The minimum atomic E-state index is -0.222. The number of rotatable bonds is 7. The molecule has 0 spiro atoms. The Morgan fingerprint density at radius 3 is 2.75 bits per heavy atom. The number of halogens is 1. The summed E-state index contributed by atoms with van der Waals surface area (Å²) in [5.41, 5.74) is 6.26. The molecule has 20 heavy (non-hydrogen) atoms. The van der Waals surface area contributed by atoms with E-state index in [0.717, 1.165) is 12.0 Å². The van der Waals surface area contributed by atoms with Gasteiger partial charge in [-0.15, -0.1) is 0 Å². The zero-order valence-electron chi connectivity index (χ0n) is 12.3. The molecule has 0 fully saturated rings. The van der Waals surface area contributed by atoms with Crippen LogP contribution in [-0.2, 0) is 11.2 Å². The third-order valence-electron chi connectivity index (χ3n) is 3.16. The van der Waals surface area contributed by atoms with Crippen LogP contribution in [0.5, 0.6) is 5.75 Å². The van der Waals surface area contributed by atoms with E-state index in [-0.39, 0.29) is 18.1 Å². The summed E-state index contributed by atoms with van der Waals surface area (Å²) in [5, 5.41) is 3.56. The van der Waals surface area contributed by atoms with Crippen molar-refractivity contribution in [2.24, 2.45) is 5.73 Å². The van der Waals surface area contributed by atoms with Gasteiger partial charge in [0.25, 0.3) is 5.91 Å². The van der Waals surface area contributed by atoms with Crippen LogP contribution in [0.25, 0.3) is 0 Å². The van der Waals surface area contributed by atoms with Gasteiger partial charge < -0.3 is 15.8 Å². The summed E-state index contributed by atoms with van der Waals surface area (Å²) >= 11 is 5.95. The molecule has 0 radical (unpaired) electrons. The number of nitrogens with one attached hydrogen (secondary N) is 1. The van der Waals surface area contributed by atoms with Gasteiger partial charge >= 0.3 is 0 Å². The maximum Gasteiger partial charge on any atom is 0.258 e. The Hall–Kier alpha value is -1.26. The Balaban J connectivity index is 2.63. The van der Waals surface area contributed by atoms with Crippen molar-refractivity contribution in [2.75, 3.05) is 13.2 Å². The number of benzene rings is 1. The fourth-order valence-corrected chi connectivity index (χ4v) is 1.88. The van der Waals surface area contributed by atoms with Gasteiger partial charge in [0.2, 0.25) is 0 Å². The van der Waals surface area contributed by atoms with Crippen molar-refractivity contribution in [3.05, 3.63) is 28.8 Å². The SMILES string of the molecule is CCC(C)(C)NC(=O)COc1ccc(Cl)cc1CCN. The number of carbonyl (C=O) groups excluding carboxylic acids is 1. The molecule has 112 valence electrons. The van der Waals surface area contributed by atoms with E-state index in [1.165, 1.54) is 0 Å². The predicted octanol–water partition coefficient (Wildman–Crippen LogP) is 2.52. The van der Waals surface area contributed by atoms with Crippen molar-refractivity contribution in [3.63, 3.8) is 0 Å². The molecule has 1 rings (SSSR count). The molecule has 0 aliphatic heterocycles. The second kappa shape index (κ2) is 7.50. The van der Waals surface area contributed by atoms with E-state index in [1.807, 2.05) is 26.8 Å². The summed E-state index contributed by atoms with van der Waals surface area (Å²) in [6.45, 7) is 6.48. The van der Waals surface area contributed by atoms with Crippen molar-refractivity contribution in [1.82, 2.24) is 5.32 Å². The number of amides is 1. The van der Waals surface area contributed by atoms with Crippen molar-refractivity contribution in [2.45, 2.75) is 39.2 Å². The van der Waals surface area contributed by atoms with Gasteiger partial charge in [-0.25, -0.2) is 0 Å². The maximum atomic E-state index is 11.8. The lowest BCUT2D eigenvalue weighted by molar-refractivity contribution is -0.124. The van der Waals surface area contributed by atoms with Gasteiger partial charge in [0, 0.05) is 10.6 Å². The molecule has 0 aliphatic rings. The molecular weight excluding hydrogens is 276 g/mol. The molecule has 0 saturated heterocycles. The van der Waals surface area contributed by atoms with Crippen molar-refractivity contribution in [1.29, 1.82) is 0 Å². The number of carbonyl (C=O) groups is 1.